The van der Waals surface area contributed by atoms with Gasteiger partial charge in [0.1, 0.15) is 30.2 Å². The minimum atomic E-state index is -1.36. The molecule has 4 aromatic rings. The Bertz CT molecular complexity index is 2080. The van der Waals surface area contributed by atoms with Crippen LogP contribution in [-0.4, -0.2) is 110 Å². The molecule has 4 rings (SSSR count). The molecule has 0 saturated carbocycles. The molecule has 20 heteroatoms. The van der Waals surface area contributed by atoms with Gasteiger partial charge in [0.15, 0.2) is 5.96 Å². The van der Waals surface area contributed by atoms with Crippen molar-refractivity contribution in [2.75, 3.05) is 12.3 Å². The second-order valence-electron chi connectivity index (χ2n) is 14.5. The first-order valence-corrected chi connectivity index (χ1v) is 19.5. The number of aliphatic carboxylic acids is 1. The number of para-hydroxylation sites is 1. The molecule has 0 aliphatic rings. The van der Waals surface area contributed by atoms with Crippen molar-refractivity contribution in [2.24, 2.45) is 22.2 Å². The fourth-order valence-corrected chi connectivity index (χ4v) is 6.25. The van der Waals surface area contributed by atoms with Gasteiger partial charge in [-0.15, -0.1) is 0 Å². The summed E-state index contributed by atoms with van der Waals surface area (Å²) in [5.41, 5.74) is 18.3. The van der Waals surface area contributed by atoms with E-state index in [4.69, 9.17) is 17.2 Å². The molecule has 0 bridgehead atoms. The molecule has 59 heavy (non-hydrogen) atoms. The summed E-state index contributed by atoms with van der Waals surface area (Å²) in [6.07, 6.45) is 4.71. The molecular weight excluding hydrogens is 781 g/mol. The predicted octanol–water partition coefficient (Wildman–Crippen LogP) is -0.852. The monoisotopic (exact) mass is 832 g/mol. The third kappa shape index (κ3) is 13.9. The van der Waals surface area contributed by atoms with Crippen LogP contribution in [0.4, 0.5) is 0 Å². The highest BCUT2D eigenvalue weighted by atomic mass is 32.1. The predicted molar refractivity (Wildman–Crippen MR) is 224 cm³/mol. The first kappa shape index (κ1) is 45.3. The average Bonchev–Trinajstić information content (AvgIpc) is 3.87. The highest BCUT2D eigenvalue weighted by molar-refractivity contribution is 7.80. The number of carboxylic acid groups (broad SMARTS) is 1. The maximum Gasteiger partial charge on any atom is 0.327 e. The van der Waals surface area contributed by atoms with Gasteiger partial charge in [-0.2, -0.15) is 12.6 Å². The number of carbonyl (C=O) groups is 6. The Morgan fingerprint density at radius 2 is 1.36 bits per heavy atom. The minimum Gasteiger partial charge on any atom is -0.480 e. The Morgan fingerprint density at radius 3 is 1.95 bits per heavy atom. The second-order valence-corrected chi connectivity index (χ2v) is 14.9. The summed E-state index contributed by atoms with van der Waals surface area (Å²) in [6.45, 7) is 3.06. The van der Waals surface area contributed by atoms with Crippen LogP contribution in [0.1, 0.15) is 43.5 Å². The number of hydrogen-bond donors (Lipinski definition) is 12. The number of hydrogen-bond acceptors (Lipinski definition) is 10. The second kappa shape index (κ2) is 21.4. The van der Waals surface area contributed by atoms with Crippen LogP contribution in [0.2, 0.25) is 0 Å². The summed E-state index contributed by atoms with van der Waals surface area (Å²) in [4.78, 5) is 94.9. The zero-order valence-corrected chi connectivity index (χ0v) is 33.6. The van der Waals surface area contributed by atoms with E-state index in [9.17, 15) is 33.9 Å². The van der Waals surface area contributed by atoms with Crippen molar-refractivity contribution in [1.29, 1.82) is 0 Å². The Labute approximate surface area is 345 Å². The maximum absolute atomic E-state index is 14.3. The van der Waals surface area contributed by atoms with Crippen LogP contribution in [0.5, 0.6) is 0 Å². The maximum atomic E-state index is 14.3. The lowest BCUT2D eigenvalue weighted by Gasteiger charge is -2.28. The topological polar surface area (TPSA) is 318 Å². The first-order chi connectivity index (χ1) is 28.0. The number of nitrogens with two attached hydrogens (primary N) is 3. The number of nitrogens with zero attached hydrogens (tertiary/aromatic N) is 2. The molecule has 0 fully saturated rings. The van der Waals surface area contributed by atoms with Crippen LogP contribution in [0.15, 0.2) is 78.3 Å². The van der Waals surface area contributed by atoms with Gasteiger partial charge in [-0.1, -0.05) is 48.5 Å². The summed E-state index contributed by atoms with van der Waals surface area (Å²) in [5, 5.41) is 23.7. The normalized spacial score (nSPS) is 13.8. The zero-order chi connectivity index (χ0) is 43.1. The van der Waals surface area contributed by atoms with Gasteiger partial charge in [-0.3, -0.25) is 29.0 Å². The summed E-state index contributed by atoms with van der Waals surface area (Å²) in [5.74, 6) is -5.38. The van der Waals surface area contributed by atoms with E-state index in [0.717, 1.165) is 10.9 Å². The Hall–Kier alpha value is -6.41. The zero-order valence-electron chi connectivity index (χ0n) is 32.7. The summed E-state index contributed by atoms with van der Waals surface area (Å²) in [7, 11) is 0. The lowest BCUT2D eigenvalue weighted by atomic mass is 10.0. The molecule has 14 N–H and O–H groups in total. The molecule has 5 amide bonds. The Balaban J connectivity index is 1.64. The van der Waals surface area contributed by atoms with Crippen molar-refractivity contribution in [3.8, 4) is 0 Å². The first-order valence-electron chi connectivity index (χ1n) is 18.8. The summed E-state index contributed by atoms with van der Waals surface area (Å²) < 4.78 is 0. The SMILES string of the molecule is CC(C)(N)C(=O)N[C@@H](Cc1cnc[nH]1)C(=O)N[C@H](Cc1ccccc1)C(=O)N[C@@H](CCCN=C(N)N)C(=O)N[C@@H](Cc1c[nH]c2ccccc12)C(=O)N[C@@H](CS)C(=O)O. The molecular formula is C39H52N12O7S. The average molecular weight is 833 g/mol. The van der Waals surface area contributed by atoms with Crippen molar-refractivity contribution < 1.29 is 33.9 Å². The van der Waals surface area contributed by atoms with Crippen LogP contribution in [0, 0.1) is 0 Å². The lowest BCUT2D eigenvalue weighted by Crippen LogP contribution is -2.61. The third-order valence-corrected chi connectivity index (χ3v) is 9.57. The lowest BCUT2D eigenvalue weighted by molar-refractivity contribution is -0.141. The smallest absolute Gasteiger partial charge is 0.327 e. The third-order valence-electron chi connectivity index (χ3n) is 9.21. The number of carbonyl (C=O) groups excluding carboxylic acids is 5. The number of rotatable bonds is 22. The number of aromatic nitrogens is 3. The highest BCUT2D eigenvalue weighted by Crippen LogP contribution is 2.20. The number of aliphatic imine (C=N–C) groups is 1. The number of imidazole rings is 1. The van der Waals surface area contributed by atoms with E-state index >= 15 is 0 Å². The van der Waals surface area contributed by atoms with Crippen LogP contribution in [0.3, 0.4) is 0 Å². The van der Waals surface area contributed by atoms with Crippen molar-refractivity contribution in [1.82, 2.24) is 41.5 Å². The molecule has 0 aliphatic carbocycles. The van der Waals surface area contributed by atoms with Crippen molar-refractivity contribution >= 4 is 65.0 Å². The van der Waals surface area contributed by atoms with E-state index in [0.29, 0.717) is 16.8 Å². The number of fused-ring (bicyclic) bond motifs is 1. The quantitative estimate of drug-likeness (QED) is 0.0200. The molecule has 19 nitrogen and oxygen atoms in total. The largest absolute Gasteiger partial charge is 0.480 e. The van der Waals surface area contributed by atoms with E-state index in [2.05, 4.69) is 59.2 Å². The summed E-state index contributed by atoms with van der Waals surface area (Å²) >= 11 is 4.05. The van der Waals surface area contributed by atoms with E-state index < -0.39 is 71.3 Å². The molecule has 0 unspecified atom stereocenters. The van der Waals surface area contributed by atoms with Crippen LogP contribution < -0.4 is 43.8 Å². The fraction of sp³-hybridized carbons (Fsp3) is 0.385. The highest BCUT2D eigenvalue weighted by Gasteiger charge is 2.34. The van der Waals surface area contributed by atoms with Gasteiger partial charge in [0, 0.05) is 60.6 Å². The van der Waals surface area contributed by atoms with Crippen LogP contribution >= 0.6 is 12.6 Å². The van der Waals surface area contributed by atoms with Crippen LogP contribution in [-0.2, 0) is 48.0 Å². The molecule has 316 valence electrons. The standard InChI is InChI=1S/C39H52N12O7S/c1-39(2,42)37(58)51-30(17-24-19-43-21-46-24)35(55)48-28(15-22-9-4-3-5-10-22)33(53)47-27(13-8-14-44-38(40)41)32(52)49-29(34(54)50-31(20-59)36(56)57)16-23-18-45-26-12-7-6-11-25(23)26/h3-7,9-12,18-19,21,27-31,45,59H,8,13-17,20,42H2,1-2H3,(H,43,46)(H,47,53)(H,48,55)(H,49,52)(H,50,54)(H,51,58)(H,56,57)(H4,40,41,44)/t27-,28+,29-,30-,31-/m0/s1. The van der Waals surface area contributed by atoms with E-state index in [1.165, 1.54) is 26.4 Å². The van der Waals surface area contributed by atoms with Gasteiger partial charge in [0.2, 0.25) is 29.5 Å². The number of amides is 5. The number of benzene rings is 2. The van der Waals surface area contributed by atoms with Gasteiger partial charge in [-0.05, 0) is 43.9 Å². The molecule has 0 aliphatic heterocycles. The number of carboxylic acids is 1. The Morgan fingerprint density at radius 1 is 0.780 bits per heavy atom. The number of aromatic amines is 2. The number of thiol groups is 1. The molecule has 2 aromatic heterocycles. The van der Waals surface area contributed by atoms with Gasteiger partial charge >= 0.3 is 5.97 Å². The molecule has 0 radical (unpaired) electrons. The van der Waals surface area contributed by atoms with Gasteiger partial charge in [0.25, 0.3) is 0 Å². The van der Waals surface area contributed by atoms with E-state index in [1.807, 2.05) is 24.3 Å². The van der Waals surface area contributed by atoms with Gasteiger partial charge < -0.3 is 58.9 Å². The molecule has 5 atom stereocenters. The van der Waals surface area contributed by atoms with Crippen LogP contribution in [0.25, 0.3) is 10.9 Å². The molecule has 0 saturated heterocycles. The number of guanidine groups is 1. The van der Waals surface area contributed by atoms with E-state index in [-0.39, 0.29) is 50.4 Å². The van der Waals surface area contributed by atoms with Crippen molar-refractivity contribution in [3.05, 3.63) is 90.1 Å². The van der Waals surface area contributed by atoms with Gasteiger partial charge in [0.05, 0.1) is 11.9 Å². The van der Waals surface area contributed by atoms with Gasteiger partial charge in [-0.25, -0.2) is 9.78 Å². The number of nitrogens with one attached hydrogen (secondary N) is 7. The fourth-order valence-electron chi connectivity index (χ4n) is 6.01. The van der Waals surface area contributed by atoms with Crippen molar-refractivity contribution in [3.63, 3.8) is 0 Å². The molecule has 2 heterocycles. The summed E-state index contributed by atoms with van der Waals surface area (Å²) in [6, 6.07) is 9.72. The van der Waals surface area contributed by atoms with Crippen molar-refractivity contribution in [2.45, 2.75) is 81.7 Å². The molecule has 2 aromatic carbocycles. The molecule has 0 spiro atoms. The minimum absolute atomic E-state index is 0.0136. The number of H-pyrrole nitrogens is 2. The Kier molecular flexibility index (Phi) is 16.4. The van der Waals surface area contributed by atoms with E-state index in [1.54, 1.807) is 36.5 Å².